The van der Waals surface area contributed by atoms with E-state index in [4.69, 9.17) is 0 Å². The molecule has 2 N–H and O–H groups in total. The van der Waals surface area contributed by atoms with Crippen molar-refractivity contribution in [2.45, 2.75) is 82.7 Å². The van der Waals surface area contributed by atoms with Gasteiger partial charge in [-0.05, 0) is 25.2 Å². The lowest BCUT2D eigenvalue weighted by atomic mass is 9.84. The molecule has 0 aromatic heterocycles. The fourth-order valence-corrected chi connectivity index (χ4v) is 3.62. The van der Waals surface area contributed by atoms with Crippen molar-refractivity contribution in [3.05, 3.63) is 0 Å². The van der Waals surface area contributed by atoms with Crippen LogP contribution in [-0.2, 0) is 0 Å². The van der Waals surface area contributed by atoms with Crippen molar-refractivity contribution in [1.82, 2.24) is 5.32 Å². The molecule has 0 aromatic carbocycles. The molecule has 1 unspecified atom stereocenters. The van der Waals surface area contributed by atoms with Crippen LogP contribution in [0.1, 0.15) is 70.6 Å². The van der Waals surface area contributed by atoms with Gasteiger partial charge in [-0.1, -0.05) is 51.4 Å². The van der Waals surface area contributed by atoms with Crippen LogP contribution in [0.15, 0.2) is 0 Å². The molecular weight excluding hydrogens is 210 g/mol. The minimum absolute atomic E-state index is 0.326. The summed E-state index contributed by atoms with van der Waals surface area (Å²) in [5.41, 5.74) is 0. The van der Waals surface area contributed by atoms with Gasteiger partial charge in [0.1, 0.15) is 0 Å². The second-order valence-corrected chi connectivity index (χ2v) is 6.12. The maximum Gasteiger partial charge on any atom is 0.0584 e. The van der Waals surface area contributed by atoms with Gasteiger partial charge in [-0.15, -0.1) is 0 Å². The summed E-state index contributed by atoms with van der Waals surface area (Å²) in [6, 6.07) is 1.05. The first kappa shape index (κ1) is 13.4. The Morgan fingerprint density at radius 3 is 2.06 bits per heavy atom. The summed E-state index contributed by atoms with van der Waals surface area (Å²) in [5.74, 6) is 0.872. The molecule has 100 valence electrons. The van der Waals surface area contributed by atoms with E-state index in [0.717, 1.165) is 5.92 Å². The van der Waals surface area contributed by atoms with Gasteiger partial charge in [0.15, 0.2) is 0 Å². The summed E-state index contributed by atoms with van der Waals surface area (Å²) < 4.78 is 0. The zero-order valence-electron chi connectivity index (χ0n) is 11.2. The summed E-state index contributed by atoms with van der Waals surface area (Å²) in [4.78, 5) is 0. The molecule has 2 saturated carbocycles. The highest BCUT2D eigenvalue weighted by Gasteiger charge is 2.21. The molecule has 2 aliphatic rings. The van der Waals surface area contributed by atoms with E-state index in [1.165, 1.54) is 70.6 Å². The van der Waals surface area contributed by atoms with E-state index in [0.29, 0.717) is 18.7 Å². The van der Waals surface area contributed by atoms with Gasteiger partial charge >= 0.3 is 0 Å². The first-order valence-electron chi connectivity index (χ1n) is 7.75. The molecule has 0 spiro atoms. The molecule has 0 aliphatic heterocycles. The summed E-state index contributed by atoms with van der Waals surface area (Å²) >= 11 is 0. The molecule has 1 atom stereocenters. The molecule has 2 aliphatic carbocycles. The van der Waals surface area contributed by atoms with Gasteiger partial charge < -0.3 is 10.4 Å². The quantitative estimate of drug-likeness (QED) is 0.772. The van der Waals surface area contributed by atoms with Crippen LogP contribution in [0.5, 0.6) is 0 Å². The molecule has 0 radical (unpaired) electrons. The van der Waals surface area contributed by atoms with Crippen molar-refractivity contribution >= 4 is 0 Å². The predicted molar refractivity (Wildman–Crippen MR) is 72.1 cm³/mol. The van der Waals surface area contributed by atoms with Crippen LogP contribution in [0.3, 0.4) is 0 Å². The fraction of sp³-hybridized carbons (Fsp3) is 1.00. The number of nitrogens with one attached hydrogen (secondary N) is 1. The SMILES string of the molecule is OCC(CC1CCCCC1)NC1CCCCC1. The van der Waals surface area contributed by atoms with Gasteiger partial charge in [-0.25, -0.2) is 0 Å². The number of rotatable bonds is 5. The Bertz CT molecular complexity index is 175. The summed E-state index contributed by atoms with van der Waals surface area (Å²) in [7, 11) is 0. The average molecular weight is 239 g/mol. The van der Waals surface area contributed by atoms with Crippen LogP contribution >= 0.6 is 0 Å². The van der Waals surface area contributed by atoms with Crippen LogP contribution in [0.25, 0.3) is 0 Å². The third-order valence-electron chi connectivity index (χ3n) is 4.64. The van der Waals surface area contributed by atoms with Gasteiger partial charge in [-0.3, -0.25) is 0 Å². The Morgan fingerprint density at radius 2 is 1.47 bits per heavy atom. The Hall–Kier alpha value is -0.0800. The topological polar surface area (TPSA) is 32.3 Å². The highest BCUT2D eigenvalue weighted by molar-refractivity contribution is 4.80. The standard InChI is InChI=1S/C15H29NO/c17-12-15(11-13-7-3-1-4-8-13)16-14-9-5-2-6-10-14/h13-17H,1-12H2. The number of hydrogen-bond acceptors (Lipinski definition) is 2. The first-order chi connectivity index (χ1) is 8.38. The van der Waals surface area contributed by atoms with E-state index in [2.05, 4.69) is 5.32 Å². The molecule has 0 aromatic rings. The van der Waals surface area contributed by atoms with Crippen molar-refractivity contribution in [3.8, 4) is 0 Å². The van der Waals surface area contributed by atoms with E-state index in [1.54, 1.807) is 0 Å². The lowest BCUT2D eigenvalue weighted by Crippen LogP contribution is -2.42. The minimum atomic E-state index is 0.326. The number of aliphatic hydroxyl groups is 1. The zero-order chi connectivity index (χ0) is 11.9. The van der Waals surface area contributed by atoms with E-state index in [-0.39, 0.29) is 0 Å². The highest BCUT2D eigenvalue weighted by Crippen LogP contribution is 2.28. The zero-order valence-corrected chi connectivity index (χ0v) is 11.2. The molecule has 2 fully saturated rings. The average Bonchev–Trinajstić information content (AvgIpc) is 2.40. The highest BCUT2D eigenvalue weighted by atomic mass is 16.3. The predicted octanol–water partition coefficient (Wildman–Crippen LogP) is 3.24. The Balaban J connectivity index is 1.71. The van der Waals surface area contributed by atoms with Crippen LogP contribution < -0.4 is 5.32 Å². The maximum atomic E-state index is 9.52. The summed E-state index contributed by atoms with van der Waals surface area (Å²) in [6.07, 6.45) is 15.0. The first-order valence-corrected chi connectivity index (χ1v) is 7.75. The van der Waals surface area contributed by atoms with Crippen molar-refractivity contribution in [2.24, 2.45) is 5.92 Å². The molecule has 2 rings (SSSR count). The van der Waals surface area contributed by atoms with Crippen molar-refractivity contribution in [1.29, 1.82) is 0 Å². The Kier molecular flexibility index (Phi) is 5.79. The number of hydrogen-bond donors (Lipinski definition) is 2. The van der Waals surface area contributed by atoms with Gasteiger partial charge in [0.25, 0.3) is 0 Å². The minimum Gasteiger partial charge on any atom is -0.395 e. The van der Waals surface area contributed by atoms with E-state index in [9.17, 15) is 5.11 Å². The third-order valence-corrected chi connectivity index (χ3v) is 4.64. The molecule has 0 saturated heterocycles. The second kappa shape index (κ2) is 7.38. The Labute approximate surface area is 106 Å². The van der Waals surface area contributed by atoms with Crippen molar-refractivity contribution in [2.75, 3.05) is 6.61 Å². The van der Waals surface area contributed by atoms with Crippen LogP contribution in [-0.4, -0.2) is 23.8 Å². The summed E-state index contributed by atoms with van der Waals surface area (Å²) in [6.45, 7) is 0.326. The molecule has 2 heteroatoms. The lowest BCUT2D eigenvalue weighted by Gasteiger charge is -2.31. The van der Waals surface area contributed by atoms with E-state index < -0.39 is 0 Å². The smallest absolute Gasteiger partial charge is 0.0584 e. The van der Waals surface area contributed by atoms with Crippen molar-refractivity contribution < 1.29 is 5.11 Å². The fourth-order valence-electron chi connectivity index (χ4n) is 3.62. The number of aliphatic hydroxyl groups excluding tert-OH is 1. The monoisotopic (exact) mass is 239 g/mol. The van der Waals surface area contributed by atoms with Crippen LogP contribution in [0, 0.1) is 5.92 Å². The molecule has 0 amide bonds. The second-order valence-electron chi connectivity index (χ2n) is 6.12. The third kappa shape index (κ3) is 4.59. The maximum absolute atomic E-state index is 9.52. The molecular formula is C15H29NO. The van der Waals surface area contributed by atoms with Gasteiger partial charge in [-0.2, -0.15) is 0 Å². The molecule has 17 heavy (non-hydrogen) atoms. The van der Waals surface area contributed by atoms with E-state index in [1.807, 2.05) is 0 Å². The van der Waals surface area contributed by atoms with Gasteiger partial charge in [0.05, 0.1) is 6.61 Å². The van der Waals surface area contributed by atoms with Crippen molar-refractivity contribution in [3.63, 3.8) is 0 Å². The van der Waals surface area contributed by atoms with Crippen LogP contribution in [0.2, 0.25) is 0 Å². The largest absolute Gasteiger partial charge is 0.395 e. The normalized spacial score (nSPS) is 25.9. The molecule has 0 bridgehead atoms. The van der Waals surface area contributed by atoms with Crippen LogP contribution in [0.4, 0.5) is 0 Å². The Morgan fingerprint density at radius 1 is 0.882 bits per heavy atom. The van der Waals surface area contributed by atoms with Gasteiger partial charge in [0, 0.05) is 12.1 Å². The molecule has 0 heterocycles. The lowest BCUT2D eigenvalue weighted by molar-refractivity contribution is 0.184. The molecule has 2 nitrogen and oxygen atoms in total. The van der Waals surface area contributed by atoms with E-state index >= 15 is 0 Å². The summed E-state index contributed by atoms with van der Waals surface area (Å²) in [5, 5.41) is 13.2. The van der Waals surface area contributed by atoms with Gasteiger partial charge in [0.2, 0.25) is 0 Å².